The molecule has 25 heteroatoms. The summed E-state index contributed by atoms with van der Waals surface area (Å²) in [6.07, 6.45) is 3.91. The summed E-state index contributed by atoms with van der Waals surface area (Å²) in [5, 5.41) is 1.22. The Kier molecular flexibility index (Phi) is 25.0. The molecule has 2 amide bonds. The van der Waals surface area contributed by atoms with E-state index in [9.17, 15) is 33.2 Å². The van der Waals surface area contributed by atoms with E-state index in [-0.39, 0.29) is 116 Å². The van der Waals surface area contributed by atoms with Crippen molar-refractivity contribution < 1.29 is 64.5 Å². The second-order valence-electron chi connectivity index (χ2n) is 27.0. The summed E-state index contributed by atoms with van der Waals surface area (Å²) in [6, 6.07) is 8.31. The summed E-state index contributed by atoms with van der Waals surface area (Å²) in [4.78, 5) is 79.2. The minimum atomic E-state index is -2.17. The third-order valence-corrected chi connectivity index (χ3v) is 28.1. The van der Waals surface area contributed by atoms with Gasteiger partial charge in [-0.3, -0.25) is 19.2 Å². The first kappa shape index (κ1) is 75.7. The predicted octanol–water partition coefficient (Wildman–Crippen LogP) is 16.2. The van der Waals surface area contributed by atoms with Crippen molar-refractivity contribution in [1.82, 2.24) is 9.13 Å². The smallest absolute Gasteiger partial charge is 0.343 e. The normalized spacial score (nSPS) is 13.8. The predicted molar refractivity (Wildman–Crippen MR) is 365 cm³/mol. The molecule has 0 radical (unpaired) electrons. The number of pyridine rings is 2. The van der Waals surface area contributed by atoms with Crippen LogP contribution < -0.4 is 30.5 Å². The highest BCUT2D eigenvalue weighted by Crippen LogP contribution is 2.42. The molecule has 1 aliphatic heterocycles. The fraction of sp³-hybridized carbons (Fsp3) is 0.500. The molecular weight excluding hydrogens is 1300 g/mol. The maximum absolute atomic E-state index is 15.4. The monoisotopic (exact) mass is 1390 g/mol. The summed E-state index contributed by atoms with van der Waals surface area (Å²) >= 11 is 17.8. The molecule has 4 aromatic carbocycles. The number of carbonyl (C=O) groups is 4. The molecule has 16 nitrogen and oxygen atoms in total. The molecule has 0 aliphatic carbocycles. The number of benzene rings is 4. The van der Waals surface area contributed by atoms with Gasteiger partial charge in [-0.1, -0.05) is 92.4 Å². The third kappa shape index (κ3) is 16.7. The van der Waals surface area contributed by atoms with E-state index in [4.69, 9.17) is 62.6 Å². The summed E-state index contributed by atoms with van der Waals surface area (Å²) in [5.74, 6) is -5.51. The SMILES string of the molecule is COC(=O)c1cn([C@H](CO[Si](C)(C)C(C)(C)C)C(C)C)c2cc(OC)c(Cc3cc(N4CCCC4=O)c(F)c(Cl)c3F)cc2c1=O.COC(=O)c1cn([C@H](CO[Si](C)(C)C(C)(C)C)C(C)C)c2cc(OC)c(Cc3cc(NC(=O)CCCCl)c(F)c(Cl)c3F)cc2c1=O. The van der Waals surface area contributed by atoms with Crippen molar-refractivity contribution in [2.75, 3.05) is 64.3 Å². The zero-order valence-electron chi connectivity index (χ0n) is 56.4. The van der Waals surface area contributed by atoms with Gasteiger partial charge in [-0.15, -0.1) is 11.6 Å². The molecule has 0 saturated carbocycles. The number of halogens is 7. The van der Waals surface area contributed by atoms with Crippen molar-refractivity contribution in [1.29, 1.82) is 0 Å². The number of hydrogen-bond donors (Lipinski definition) is 1. The molecule has 508 valence electrons. The number of nitrogens with one attached hydrogen (secondary N) is 1. The fourth-order valence-corrected chi connectivity index (χ4v) is 13.0. The van der Waals surface area contributed by atoms with E-state index in [2.05, 4.69) is 73.0 Å². The van der Waals surface area contributed by atoms with Gasteiger partial charge in [0.15, 0.2) is 28.3 Å². The Labute approximate surface area is 558 Å². The minimum Gasteiger partial charge on any atom is -0.496 e. The number of carbonyl (C=O) groups excluding carboxylic acids is 4. The number of amides is 2. The Balaban J connectivity index is 0.000000295. The molecule has 0 unspecified atom stereocenters. The lowest BCUT2D eigenvalue weighted by atomic mass is 9.98. The highest BCUT2D eigenvalue weighted by molar-refractivity contribution is 6.74. The van der Waals surface area contributed by atoms with E-state index >= 15 is 13.2 Å². The van der Waals surface area contributed by atoms with Crippen molar-refractivity contribution in [2.45, 2.75) is 156 Å². The molecule has 2 aromatic heterocycles. The van der Waals surface area contributed by atoms with Crippen LogP contribution in [0.5, 0.6) is 11.5 Å². The van der Waals surface area contributed by atoms with Crippen LogP contribution in [0.1, 0.15) is 150 Å². The van der Waals surface area contributed by atoms with Crippen LogP contribution in [0, 0.1) is 35.1 Å². The lowest BCUT2D eigenvalue weighted by molar-refractivity contribution is -0.117. The van der Waals surface area contributed by atoms with Crippen molar-refractivity contribution in [2.24, 2.45) is 11.8 Å². The van der Waals surface area contributed by atoms with E-state index in [1.807, 2.05) is 36.8 Å². The second-order valence-corrected chi connectivity index (χ2v) is 37.8. The molecule has 2 atom stereocenters. The number of esters is 2. The zero-order valence-corrected chi connectivity index (χ0v) is 60.7. The lowest BCUT2D eigenvalue weighted by Gasteiger charge is -2.38. The van der Waals surface area contributed by atoms with Crippen LogP contribution >= 0.6 is 34.8 Å². The van der Waals surface area contributed by atoms with E-state index in [0.29, 0.717) is 66.3 Å². The molecule has 1 N–H and O–H groups in total. The van der Waals surface area contributed by atoms with Gasteiger partial charge in [0, 0.05) is 73.4 Å². The van der Waals surface area contributed by atoms with Gasteiger partial charge in [-0.25, -0.2) is 27.2 Å². The van der Waals surface area contributed by atoms with Crippen molar-refractivity contribution in [3.8, 4) is 11.5 Å². The number of fused-ring (bicyclic) bond motifs is 2. The van der Waals surface area contributed by atoms with Gasteiger partial charge in [0.25, 0.3) is 0 Å². The number of nitrogens with zero attached hydrogens (tertiary/aromatic N) is 3. The first-order chi connectivity index (χ1) is 43.3. The van der Waals surface area contributed by atoms with E-state index in [1.54, 1.807) is 18.2 Å². The number of anilines is 2. The van der Waals surface area contributed by atoms with Crippen molar-refractivity contribution in [3.05, 3.63) is 136 Å². The molecule has 7 rings (SSSR count). The number of rotatable bonds is 23. The molecule has 0 spiro atoms. The van der Waals surface area contributed by atoms with Gasteiger partial charge in [-0.05, 0) is 107 Å². The van der Waals surface area contributed by atoms with Crippen LogP contribution in [0.15, 0.2) is 58.4 Å². The Morgan fingerprint density at radius 2 is 1.03 bits per heavy atom. The summed E-state index contributed by atoms with van der Waals surface area (Å²) in [7, 11) is 0.972. The molecule has 0 bridgehead atoms. The summed E-state index contributed by atoms with van der Waals surface area (Å²) in [5.41, 5.74) is -0.141. The molecule has 1 saturated heterocycles. The second kappa shape index (κ2) is 30.6. The number of ether oxygens (including phenoxy) is 4. The van der Waals surface area contributed by atoms with E-state index < -0.39 is 78.7 Å². The third-order valence-electron chi connectivity index (χ3n) is 18.1. The minimum absolute atomic E-state index is 0.0195. The van der Waals surface area contributed by atoms with Gasteiger partial charge in [0.05, 0.1) is 76.1 Å². The number of aromatic nitrogens is 2. The van der Waals surface area contributed by atoms with Gasteiger partial charge >= 0.3 is 11.9 Å². The van der Waals surface area contributed by atoms with Crippen LogP contribution in [0.25, 0.3) is 21.8 Å². The fourth-order valence-electron chi connectivity index (χ4n) is 10.4. The van der Waals surface area contributed by atoms with Gasteiger partial charge in [0.1, 0.15) is 44.3 Å². The quantitative estimate of drug-likeness (QED) is 0.0211. The highest BCUT2D eigenvalue weighted by Gasteiger charge is 2.40. The average molecular weight is 1390 g/mol. The largest absolute Gasteiger partial charge is 0.496 e. The molecule has 1 aliphatic rings. The van der Waals surface area contributed by atoms with Gasteiger partial charge in [0.2, 0.25) is 22.7 Å². The van der Waals surface area contributed by atoms with Crippen molar-refractivity contribution >= 4 is 108 Å². The summed E-state index contributed by atoms with van der Waals surface area (Å²) < 4.78 is 99.0. The van der Waals surface area contributed by atoms with Crippen LogP contribution in [0.2, 0.25) is 46.3 Å². The molecular formula is C68H87Cl3F4N4O12Si2. The first-order valence-electron chi connectivity index (χ1n) is 30.8. The molecule has 6 aromatic rings. The van der Waals surface area contributed by atoms with Gasteiger partial charge < -0.3 is 47.2 Å². The molecule has 93 heavy (non-hydrogen) atoms. The Morgan fingerprint density at radius 3 is 1.40 bits per heavy atom. The molecule has 1 fully saturated rings. The van der Waals surface area contributed by atoms with Crippen LogP contribution in [-0.4, -0.2) is 104 Å². The number of alkyl halides is 1. The van der Waals surface area contributed by atoms with Crippen LogP contribution in [0.4, 0.5) is 28.9 Å². The van der Waals surface area contributed by atoms with Crippen LogP contribution in [0.3, 0.4) is 0 Å². The zero-order chi connectivity index (χ0) is 69.7. The maximum atomic E-state index is 15.4. The Bertz CT molecular complexity index is 3940. The lowest BCUT2D eigenvalue weighted by Crippen LogP contribution is -2.42. The van der Waals surface area contributed by atoms with Crippen LogP contribution in [-0.2, 0) is 40.8 Å². The topological polar surface area (TPSA) is 183 Å². The Morgan fingerprint density at radius 1 is 0.613 bits per heavy atom. The summed E-state index contributed by atoms with van der Waals surface area (Å²) in [6.45, 7) is 30.6. The maximum Gasteiger partial charge on any atom is 0.343 e. The van der Waals surface area contributed by atoms with Crippen molar-refractivity contribution in [3.63, 3.8) is 0 Å². The first-order valence-corrected chi connectivity index (χ1v) is 37.9. The highest BCUT2D eigenvalue weighted by atomic mass is 35.5. The number of hydrogen-bond acceptors (Lipinski definition) is 12. The molecule has 3 heterocycles. The van der Waals surface area contributed by atoms with E-state index in [1.165, 1.54) is 57.9 Å². The number of methoxy groups -OCH3 is 4. The van der Waals surface area contributed by atoms with E-state index in [0.717, 1.165) is 6.07 Å². The average Bonchev–Trinajstić information content (AvgIpc) is 1.27. The van der Waals surface area contributed by atoms with Gasteiger partial charge in [-0.2, -0.15) is 0 Å². The standard InChI is InChI=1S/C34H44Cl2F2N2O6Si.C34H43ClF2N2O6Si/c1-19(2)26(18-46-47(8,9)34(3,4)5)40-17-23(33(43)45-7)32(42)22-14-20(27(44-6)16-25(22)40)13-21-15-24(31(38)29(36)30(21)37)39-28(41)11-10-12-35;1-19(2)26(18-45-46(8,9)34(3,4)5)39-17-23(33(42)44-7)32(41)22-14-20(27(43-6)16-24(22)39)13-21-15-25(31(37)29(35)30(21)36)38-12-10-11-28(38)40/h14-17,19,26H,10-13,18H2,1-9H3,(H,39,41);14-17,19,26H,10-13,18H2,1-9H3/t2*26-/m11/s1. The Hall–Kier alpha value is -6.28.